The second-order valence-electron chi connectivity index (χ2n) is 6.91. The summed E-state index contributed by atoms with van der Waals surface area (Å²) in [5.74, 6) is 0.778. The van der Waals surface area contributed by atoms with E-state index in [0.717, 1.165) is 23.0 Å². The number of hydrogen-bond donors (Lipinski definition) is 3. The zero-order valence-electron chi connectivity index (χ0n) is 15.9. The maximum absolute atomic E-state index is 13.5. The molecule has 1 aromatic heterocycles. The summed E-state index contributed by atoms with van der Waals surface area (Å²) in [4.78, 5) is 20.8. The van der Waals surface area contributed by atoms with Crippen LogP contribution in [-0.2, 0) is 11.2 Å². The number of amides is 1. The van der Waals surface area contributed by atoms with Gasteiger partial charge in [0.1, 0.15) is 12.4 Å². The van der Waals surface area contributed by atoms with Crippen molar-refractivity contribution in [2.45, 2.75) is 20.3 Å². The molecule has 0 aliphatic heterocycles. The van der Waals surface area contributed by atoms with Crippen LogP contribution in [0.25, 0.3) is 10.9 Å². The lowest BCUT2D eigenvalue weighted by Gasteiger charge is -2.15. The van der Waals surface area contributed by atoms with E-state index in [1.165, 1.54) is 11.0 Å². The Labute approximate surface area is 153 Å². The van der Waals surface area contributed by atoms with Gasteiger partial charge in [0, 0.05) is 44.3 Å². The van der Waals surface area contributed by atoms with Gasteiger partial charge in [-0.25, -0.2) is 9.38 Å². The maximum Gasteiger partial charge on any atom is 0.243 e. The first-order valence-corrected chi connectivity index (χ1v) is 8.84. The third-order valence-corrected chi connectivity index (χ3v) is 3.97. The van der Waals surface area contributed by atoms with Crippen molar-refractivity contribution in [2.24, 2.45) is 10.9 Å². The van der Waals surface area contributed by atoms with Gasteiger partial charge < -0.3 is 20.5 Å². The van der Waals surface area contributed by atoms with E-state index < -0.39 is 0 Å². The molecule has 0 radical (unpaired) electrons. The van der Waals surface area contributed by atoms with E-state index in [1.807, 2.05) is 6.20 Å². The number of carbonyl (C=O) groups is 1. The van der Waals surface area contributed by atoms with Crippen LogP contribution in [0.3, 0.4) is 0 Å². The van der Waals surface area contributed by atoms with E-state index in [1.54, 1.807) is 26.2 Å². The zero-order chi connectivity index (χ0) is 19.1. The van der Waals surface area contributed by atoms with E-state index in [4.69, 9.17) is 0 Å². The second kappa shape index (κ2) is 9.22. The molecule has 0 saturated carbocycles. The van der Waals surface area contributed by atoms with Crippen molar-refractivity contribution >= 4 is 22.8 Å². The van der Waals surface area contributed by atoms with Crippen LogP contribution in [0, 0.1) is 11.7 Å². The summed E-state index contributed by atoms with van der Waals surface area (Å²) in [6.45, 7) is 5.70. The minimum absolute atomic E-state index is 0.0530. The number of likely N-dealkylation sites (N-methyl/N-ethyl adjacent to an activating group) is 1. The van der Waals surface area contributed by atoms with E-state index in [9.17, 15) is 9.18 Å². The number of aliphatic imine (C=N–C) groups is 1. The highest BCUT2D eigenvalue weighted by atomic mass is 19.1. The van der Waals surface area contributed by atoms with Crippen molar-refractivity contribution < 1.29 is 9.18 Å². The molecule has 142 valence electrons. The Morgan fingerprint density at radius 2 is 2.08 bits per heavy atom. The van der Waals surface area contributed by atoms with Gasteiger partial charge in [-0.2, -0.15) is 0 Å². The molecule has 0 saturated heterocycles. The fourth-order valence-electron chi connectivity index (χ4n) is 2.44. The molecule has 2 rings (SSSR count). The average molecular weight is 361 g/mol. The van der Waals surface area contributed by atoms with Crippen LogP contribution in [0.5, 0.6) is 0 Å². The molecular formula is C19H28FN5O. The molecular weight excluding hydrogens is 333 g/mol. The normalized spacial score (nSPS) is 11.8. The van der Waals surface area contributed by atoms with Gasteiger partial charge in [0.05, 0.1) is 0 Å². The van der Waals surface area contributed by atoms with Gasteiger partial charge in [-0.3, -0.25) is 4.79 Å². The number of aromatic amines is 1. The molecule has 0 bridgehead atoms. The predicted octanol–water partition coefficient (Wildman–Crippen LogP) is 2.13. The van der Waals surface area contributed by atoms with Gasteiger partial charge >= 0.3 is 0 Å². The van der Waals surface area contributed by atoms with Gasteiger partial charge in [0.25, 0.3) is 0 Å². The smallest absolute Gasteiger partial charge is 0.243 e. The van der Waals surface area contributed by atoms with Crippen molar-refractivity contribution in [3.63, 3.8) is 0 Å². The molecule has 0 atom stereocenters. The molecule has 1 aromatic carbocycles. The lowest BCUT2D eigenvalue weighted by molar-refractivity contribution is -0.127. The van der Waals surface area contributed by atoms with Crippen molar-refractivity contribution in [3.8, 4) is 0 Å². The van der Waals surface area contributed by atoms with E-state index >= 15 is 0 Å². The first-order valence-electron chi connectivity index (χ1n) is 8.84. The third kappa shape index (κ3) is 5.75. The topological polar surface area (TPSA) is 72.5 Å². The van der Waals surface area contributed by atoms with E-state index in [0.29, 0.717) is 24.8 Å². The number of carbonyl (C=O) groups excluding carboxylic acids is 1. The van der Waals surface area contributed by atoms with Crippen LogP contribution in [0.15, 0.2) is 29.4 Å². The zero-order valence-corrected chi connectivity index (χ0v) is 15.9. The highest BCUT2D eigenvalue weighted by molar-refractivity contribution is 5.85. The Balaban J connectivity index is 1.97. The molecule has 3 N–H and O–H groups in total. The number of aromatic nitrogens is 1. The number of halogens is 1. The van der Waals surface area contributed by atoms with Crippen LogP contribution in [0.2, 0.25) is 0 Å². The highest BCUT2D eigenvalue weighted by Gasteiger charge is 2.07. The number of nitrogens with zero attached hydrogens (tertiary/aromatic N) is 2. The third-order valence-electron chi connectivity index (χ3n) is 3.97. The quantitative estimate of drug-likeness (QED) is 0.523. The standard InChI is InChI=1S/C19H28FN5O/c1-13(2)10-23-19(24-12-18(26)25(3)4)21-8-7-14-11-22-17-6-5-15(20)9-16(14)17/h5-6,9,11,13,22H,7-8,10,12H2,1-4H3,(H2,21,23,24). The summed E-state index contributed by atoms with van der Waals surface area (Å²) in [5, 5.41) is 7.38. The minimum Gasteiger partial charge on any atom is -0.361 e. The van der Waals surface area contributed by atoms with E-state index in [-0.39, 0.29) is 18.3 Å². The molecule has 1 amide bonds. The predicted molar refractivity (Wildman–Crippen MR) is 104 cm³/mol. The summed E-state index contributed by atoms with van der Waals surface area (Å²) in [6.07, 6.45) is 2.62. The number of fused-ring (bicyclic) bond motifs is 1. The molecule has 0 fully saturated rings. The Kier molecular flexibility index (Phi) is 7.00. The second-order valence-corrected chi connectivity index (χ2v) is 6.91. The number of H-pyrrole nitrogens is 1. The first kappa shape index (κ1) is 19.8. The van der Waals surface area contributed by atoms with Gasteiger partial charge in [0.2, 0.25) is 5.91 Å². The number of nitrogens with one attached hydrogen (secondary N) is 3. The van der Waals surface area contributed by atoms with Crippen LogP contribution in [-0.4, -0.2) is 55.5 Å². The molecule has 0 unspecified atom stereocenters. The molecule has 7 heteroatoms. The van der Waals surface area contributed by atoms with E-state index in [2.05, 4.69) is 34.5 Å². The number of benzene rings is 1. The molecule has 6 nitrogen and oxygen atoms in total. The monoisotopic (exact) mass is 361 g/mol. The molecule has 26 heavy (non-hydrogen) atoms. The lowest BCUT2D eigenvalue weighted by Crippen LogP contribution is -2.41. The molecule has 0 aliphatic rings. The Morgan fingerprint density at radius 3 is 2.77 bits per heavy atom. The summed E-state index contributed by atoms with van der Waals surface area (Å²) in [5.41, 5.74) is 1.96. The van der Waals surface area contributed by atoms with Crippen molar-refractivity contribution in [1.82, 2.24) is 20.5 Å². The maximum atomic E-state index is 13.5. The van der Waals surface area contributed by atoms with Crippen LogP contribution < -0.4 is 10.6 Å². The first-order chi connectivity index (χ1) is 12.4. The summed E-state index contributed by atoms with van der Waals surface area (Å²) in [7, 11) is 3.42. The summed E-state index contributed by atoms with van der Waals surface area (Å²) < 4.78 is 13.5. The van der Waals surface area contributed by atoms with Crippen LogP contribution in [0.1, 0.15) is 19.4 Å². The largest absolute Gasteiger partial charge is 0.361 e. The summed E-state index contributed by atoms with van der Waals surface area (Å²) in [6, 6.07) is 4.73. The molecule has 0 aliphatic carbocycles. The Bertz CT molecular complexity index is 766. The van der Waals surface area contributed by atoms with Crippen LogP contribution >= 0.6 is 0 Å². The molecule has 2 aromatic rings. The lowest BCUT2D eigenvalue weighted by atomic mass is 10.1. The van der Waals surface area contributed by atoms with Crippen LogP contribution in [0.4, 0.5) is 4.39 Å². The number of hydrogen-bond acceptors (Lipinski definition) is 2. The minimum atomic E-state index is -0.241. The number of rotatable bonds is 7. The fourth-order valence-corrected chi connectivity index (χ4v) is 2.44. The SMILES string of the molecule is CC(C)CNC(=NCC(=O)N(C)C)NCCc1c[nH]c2ccc(F)cc12. The number of guanidine groups is 1. The van der Waals surface area contributed by atoms with Crippen molar-refractivity contribution in [2.75, 3.05) is 33.7 Å². The van der Waals surface area contributed by atoms with Crippen molar-refractivity contribution in [1.29, 1.82) is 0 Å². The molecule has 1 heterocycles. The van der Waals surface area contributed by atoms with Gasteiger partial charge in [-0.15, -0.1) is 0 Å². The summed E-state index contributed by atoms with van der Waals surface area (Å²) >= 11 is 0. The Morgan fingerprint density at radius 1 is 1.31 bits per heavy atom. The average Bonchev–Trinajstić information content (AvgIpc) is 2.98. The van der Waals surface area contributed by atoms with Gasteiger partial charge in [0.15, 0.2) is 5.96 Å². The Hall–Kier alpha value is -2.57. The van der Waals surface area contributed by atoms with Gasteiger partial charge in [-0.1, -0.05) is 13.8 Å². The van der Waals surface area contributed by atoms with Gasteiger partial charge in [-0.05, 0) is 36.1 Å². The highest BCUT2D eigenvalue weighted by Crippen LogP contribution is 2.19. The van der Waals surface area contributed by atoms with Crippen molar-refractivity contribution in [3.05, 3.63) is 35.8 Å². The fraction of sp³-hybridized carbons (Fsp3) is 0.474. The molecule has 0 spiro atoms.